The Morgan fingerprint density at radius 3 is 2.59 bits per heavy atom. The summed E-state index contributed by atoms with van der Waals surface area (Å²) in [6.45, 7) is 15.0. The lowest BCUT2D eigenvalue weighted by molar-refractivity contribution is -0.159. The highest BCUT2D eigenvalue weighted by Gasteiger charge is 2.80. The van der Waals surface area contributed by atoms with Gasteiger partial charge in [0.1, 0.15) is 0 Å². The number of rotatable bonds is 7. The molecular weight excluding hydrogens is 436 g/mol. The van der Waals surface area contributed by atoms with Crippen LogP contribution in [0.3, 0.4) is 0 Å². The van der Waals surface area contributed by atoms with Gasteiger partial charge in [-0.25, -0.2) is 0 Å². The number of hydrogen-bond donors (Lipinski definition) is 0. The molecule has 1 spiro atoms. The average Bonchev–Trinajstić information content (AvgIpc) is 3.40. The first-order valence-electron chi connectivity index (χ1n) is 12.2. The van der Waals surface area contributed by atoms with Gasteiger partial charge >= 0.3 is 0 Å². The Kier molecular flexibility index (Phi) is 5.71. The molecule has 0 aromatic heterocycles. The molecule has 4 heterocycles. The second-order valence-corrected chi connectivity index (χ2v) is 17.4. The van der Waals surface area contributed by atoms with Crippen molar-refractivity contribution >= 4 is 20.1 Å². The zero-order chi connectivity index (χ0) is 22.9. The number of fused-ring (bicyclic) bond motifs is 2. The van der Waals surface area contributed by atoms with Gasteiger partial charge in [0.2, 0.25) is 0 Å². The molecule has 4 saturated heterocycles. The molecule has 6 heteroatoms. The maximum absolute atomic E-state index is 7.08. The van der Waals surface area contributed by atoms with Crippen LogP contribution in [0.15, 0.2) is 30.3 Å². The van der Waals surface area contributed by atoms with E-state index in [4.69, 9.17) is 18.6 Å². The SMILES string of the molecule is CO[C@H]1O[C@@H]2CSC[C@]34C[C@H](c5ccccc5)[C@H](O3)[C@H]1[C@]24CO[Si](C)(C)C(C)(C)C(C)C. The molecule has 5 rings (SSSR count). The number of thioether (sulfide) groups is 1. The number of methoxy groups -OCH3 is 1. The molecule has 0 aliphatic carbocycles. The van der Waals surface area contributed by atoms with Gasteiger partial charge in [0.15, 0.2) is 14.6 Å². The summed E-state index contributed by atoms with van der Waals surface area (Å²) < 4.78 is 26.7. The first-order chi connectivity index (χ1) is 15.1. The molecule has 32 heavy (non-hydrogen) atoms. The van der Waals surface area contributed by atoms with Crippen LogP contribution in [0.2, 0.25) is 18.1 Å². The van der Waals surface area contributed by atoms with Gasteiger partial charge in [-0.1, -0.05) is 58.0 Å². The molecule has 178 valence electrons. The Balaban J connectivity index is 1.52. The fourth-order valence-electron chi connectivity index (χ4n) is 6.81. The lowest BCUT2D eigenvalue weighted by Crippen LogP contribution is -2.63. The summed E-state index contributed by atoms with van der Waals surface area (Å²) in [5, 5.41) is 0.186. The van der Waals surface area contributed by atoms with Crippen molar-refractivity contribution in [1.29, 1.82) is 0 Å². The normalized spacial score (nSPS) is 40.8. The van der Waals surface area contributed by atoms with Gasteiger partial charge in [-0.3, -0.25) is 0 Å². The monoisotopic (exact) mass is 476 g/mol. The summed E-state index contributed by atoms with van der Waals surface area (Å²) in [4.78, 5) is 0. The molecule has 2 bridgehead atoms. The summed E-state index contributed by atoms with van der Waals surface area (Å²) >= 11 is 1.98. The van der Waals surface area contributed by atoms with Crippen molar-refractivity contribution in [2.75, 3.05) is 25.2 Å². The predicted molar refractivity (Wildman–Crippen MR) is 133 cm³/mol. The number of hydrogen-bond acceptors (Lipinski definition) is 5. The van der Waals surface area contributed by atoms with Gasteiger partial charge < -0.3 is 18.6 Å². The fourth-order valence-corrected chi connectivity index (χ4v) is 10.7. The molecule has 4 nitrogen and oxygen atoms in total. The summed E-state index contributed by atoms with van der Waals surface area (Å²) in [6, 6.07) is 10.9. The number of benzene rings is 1. The topological polar surface area (TPSA) is 36.9 Å². The Hall–Kier alpha value is -0.373. The zero-order valence-electron chi connectivity index (χ0n) is 20.7. The third-order valence-electron chi connectivity index (χ3n) is 10.0. The van der Waals surface area contributed by atoms with Crippen LogP contribution in [0.4, 0.5) is 0 Å². The van der Waals surface area contributed by atoms with E-state index in [2.05, 4.69) is 71.1 Å². The molecular formula is C26H40O4SSi. The van der Waals surface area contributed by atoms with Crippen LogP contribution in [0.1, 0.15) is 45.6 Å². The largest absolute Gasteiger partial charge is 0.416 e. The second-order valence-electron chi connectivity index (χ2n) is 11.8. The van der Waals surface area contributed by atoms with Crippen LogP contribution < -0.4 is 0 Å². The van der Waals surface area contributed by atoms with E-state index in [0.29, 0.717) is 11.8 Å². The molecule has 0 unspecified atom stereocenters. The lowest BCUT2D eigenvalue weighted by Gasteiger charge is -2.53. The van der Waals surface area contributed by atoms with E-state index in [-0.39, 0.29) is 40.5 Å². The van der Waals surface area contributed by atoms with E-state index in [1.54, 1.807) is 7.11 Å². The van der Waals surface area contributed by atoms with Gasteiger partial charge in [0, 0.05) is 31.1 Å². The molecule has 4 aliphatic heterocycles. The standard InChI is InChI=1S/C26H40O4SSi/c1-17(2)24(3,4)32(6,7)28-15-26-20-14-31-16-25(26)13-19(18-11-9-8-10-12-18)22(30-25)21(26)23(27-5)29-20/h8-12,17,19-23H,13-16H2,1-7H3/t19-,20-,21-,22+,23+,25+,26+/m1/s1. The quantitative estimate of drug-likeness (QED) is 0.473. The van der Waals surface area contributed by atoms with Crippen molar-refractivity contribution in [2.24, 2.45) is 17.3 Å². The molecule has 1 aromatic rings. The Morgan fingerprint density at radius 1 is 1.22 bits per heavy atom. The van der Waals surface area contributed by atoms with Gasteiger partial charge in [-0.15, -0.1) is 0 Å². The van der Waals surface area contributed by atoms with Crippen molar-refractivity contribution in [3.05, 3.63) is 35.9 Å². The third kappa shape index (κ3) is 3.02. The summed E-state index contributed by atoms with van der Waals surface area (Å²) in [5.41, 5.74) is 1.07. The van der Waals surface area contributed by atoms with Crippen molar-refractivity contribution in [1.82, 2.24) is 0 Å². The highest BCUT2D eigenvalue weighted by Crippen LogP contribution is 2.71. The minimum absolute atomic E-state index is 0.119. The first-order valence-corrected chi connectivity index (χ1v) is 16.3. The smallest absolute Gasteiger partial charge is 0.192 e. The molecule has 0 saturated carbocycles. The Labute approximate surface area is 199 Å². The molecule has 7 atom stereocenters. The van der Waals surface area contributed by atoms with Crippen molar-refractivity contribution in [2.45, 2.75) is 82.3 Å². The molecule has 0 N–H and O–H groups in total. The van der Waals surface area contributed by atoms with E-state index < -0.39 is 8.32 Å². The molecule has 4 aliphatic rings. The van der Waals surface area contributed by atoms with Crippen LogP contribution in [-0.2, 0) is 18.6 Å². The van der Waals surface area contributed by atoms with E-state index in [0.717, 1.165) is 24.5 Å². The van der Waals surface area contributed by atoms with E-state index in [1.807, 2.05) is 11.8 Å². The maximum atomic E-state index is 7.08. The molecule has 0 radical (unpaired) electrons. The van der Waals surface area contributed by atoms with Gasteiger partial charge in [0.05, 0.1) is 29.1 Å². The minimum Gasteiger partial charge on any atom is -0.416 e. The Bertz CT molecular complexity index is 845. The highest BCUT2D eigenvalue weighted by molar-refractivity contribution is 7.99. The minimum atomic E-state index is -1.98. The summed E-state index contributed by atoms with van der Waals surface area (Å²) in [5.74, 6) is 3.22. The predicted octanol–water partition coefficient (Wildman–Crippen LogP) is 5.69. The van der Waals surface area contributed by atoms with Crippen LogP contribution >= 0.6 is 11.8 Å². The highest BCUT2D eigenvalue weighted by atomic mass is 32.2. The summed E-state index contributed by atoms with van der Waals surface area (Å²) in [6.07, 6.45) is 1.09. The number of ether oxygens (including phenoxy) is 3. The zero-order valence-corrected chi connectivity index (χ0v) is 22.5. The van der Waals surface area contributed by atoms with E-state index >= 15 is 0 Å². The summed E-state index contributed by atoms with van der Waals surface area (Å²) in [7, 11) is -0.185. The van der Waals surface area contributed by atoms with Crippen molar-refractivity contribution in [3.8, 4) is 0 Å². The van der Waals surface area contributed by atoms with Gasteiger partial charge in [-0.05, 0) is 36.0 Å². The molecule has 1 aromatic carbocycles. The van der Waals surface area contributed by atoms with Crippen LogP contribution in [0.25, 0.3) is 0 Å². The van der Waals surface area contributed by atoms with Crippen molar-refractivity contribution in [3.63, 3.8) is 0 Å². The lowest BCUT2D eigenvalue weighted by atomic mass is 9.56. The first kappa shape index (κ1) is 23.4. The third-order valence-corrected chi connectivity index (χ3v) is 15.8. The van der Waals surface area contributed by atoms with Crippen LogP contribution in [-0.4, -0.2) is 57.6 Å². The molecule has 0 amide bonds. The van der Waals surface area contributed by atoms with Crippen molar-refractivity contribution < 1.29 is 18.6 Å². The van der Waals surface area contributed by atoms with Crippen LogP contribution in [0.5, 0.6) is 0 Å². The fraction of sp³-hybridized carbons (Fsp3) is 0.769. The van der Waals surface area contributed by atoms with Gasteiger partial charge in [0.25, 0.3) is 0 Å². The second kappa shape index (κ2) is 7.82. The van der Waals surface area contributed by atoms with E-state index in [9.17, 15) is 0 Å². The van der Waals surface area contributed by atoms with Gasteiger partial charge in [-0.2, -0.15) is 11.8 Å². The van der Waals surface area contributed by atoms with E-state index in [1.165, 1.54) is 5.56 Å². The molecule has 4 fully saturated rings. The average molecular weight is 477 g/mol. The van der Waals surface area contributed by atoms with Crippen LogP contribution in [0, 0.1) is 17.3 Å². The Morgan fingerprint density at radius 2 is 1.94 bits per heavy atom. The maximum Gasteiger partial charge on any atom is 0.192 e.